The first kappa shape index (κ1) is 22.4. The number of carbonyl (C=O) groups is 2. The summed E-state index contributed by atoms with van der Waals surface area (Å²) in [5.41, 5.74) is 0.434. The van der Waals surface area contributed by atoms with Crippen LogP contribution in [0.5, 0.6) is 0 Å². The van der Waals surface area contributed by atoms with Crippen molar-refractivity contribution in [3.63, 3.8) is 0 Å². The Hall–Kier alpha value is -2.42. The summed E-state index contributed by atoms with van der Waals surface area (Å²) in [5, 5.41) is 12.2. The molecule has 0 radical (unpaired) electrons. The molecule has 0 atom stereocenters. The first-order chi connectivity index (χ1) is 16.0. The lowest BCUT2D eigenvalue weighted by Crippen LogP contribution is -2.53. The van der Waals surface area contributed by atoms with Crippen LogP contribution in [-0.2, 0) is 20.9 Å². The van der Waals surface area contributed by atoms with Crippen molar-refractivity contribution in [1.82, 2.24) is 20.1 Å². The van der Waals surface area contributed by atoms with Crippen molar-refractivity contribution in [3.05, 3.63) is 35.9 Å². The Balaban J connectivity index is 1.33. The van der Waals surface area contributed by atoms with E-state index in [-0.39, 0.29) is 35.4 Å². The quantitative estimate of drug-likeness (QED) is 0.463. The highest BCUT2D eigenvalue weighted by Gasteiger charge is 2.54. The summed E-state index contributed by atoms with van der Waals surface area (Å²) >= 11 is 1.20. The number of carbonyl (C=O) groups excluding carboxylic acids is 2. The molecule has 9 heteroatoms. The highest BCUT2D eigenvalue weighted by molar-refractivity contribution is 7.99. The maximum atomic E-state index is 13.5. The number of halogens is 1. The van der Waals surface area contributed by atoms with E-state index in [2.05, 4.69) is 15.5 Å². The lowest BCUT2D eigenvalue weighted by atomic mass is 9.49. The van der Waals surface area contributed by atoms with Crippen molar-refractivity contribution in [1.29, 1.82) is 0 Å². The second-order valence-corrected chi connectivity index (χ2v) is 10.6. The van der Waals surface area contributed by atoms with E-state index in [9.17, 15) is 14.0 Å². The number of nitrogens with zero attached hydrogens (tertiary/aromatic N) is 3. The van der Waals surface area contributed by atoms with Crippen molar-refractivity contribution < 1.29 is 18.7 Å². The number of thioether (sulfide) groups is 1. The van der Waals surface area contributed by atoms with E-state index < -0.39 is 0 Å². The molecule has 4 bridgehead atoms. The van der Waals surface area contributed by atoms with E-state index in [1.54, 1.807) is 23.6 Å². The van der Waals surface area contributed by atoms with E-state index in [1.165, 1.54) is 43.2 Å². The van der Waals surface area contributed by atoms with Crippen LogP contribution < -0.4 is 5.32 Å². The minimum absolute atomic E-state index is 0.0901. The second-order valence-electron chi connectivity index (χ2n) is 9.68. The molecule has 0 aliphatic heterocycles. The molecule has 176 valence electrons. The Bertz CT molecular complexity index is 1000. The average Bonchev–Trinajstić information content (AvgIpc) is 3.18. The largest absolute Gasteiger partial charge is 0.465 e. The van der Waals surface area contributed by atoms with Crippen LogP contribution in [0.1, 0.15) is 51.3 Å². The van der Waals surface area contributed by atoms with E-state index in [1.807, 2.05) is 0 Å². The molecule has 0 unspecified atom stereocenters. The third-order valence-electron chi connectivity index (χ3n) is 7.34. The van der Waals surface area contributed by atoms with Gasteiger partial charge in [-0.15, -0.1) is 10.2 Å². The second kappa shape index (κ2) is 9.08. The Morgan fingerprint density at radius 2 is 1.76 bits per heavy atom. The predicted molar refractivity (Wildman–Crippen MR) is 121 cm³/mol. The van der Waals surface area contributed by atoms with Crippen molar-refractivity contribution >= 4 is 23.6 Å². The number of amides is 1. The van der Waals surface area contributed by atoms with Gasteiger partial charge in [-0.05, 0) is 87.5 Å². The van der Waals surface area contributed by atoms with Gasteiger partial charge in [0.2, 0.25) is 5.91 Å². The molecule has 0 saturated heterocycles. The molecular formula is C24H29FN4O3S. The van der Waals surface area contributed by atoms with Crippen LogP contribution in [0.2, 0.25) is 0 Å². The van der Waals surface area contributed by atoms with E-state index in [0.29, 0.717) is 41.0 Å². The summed E-state index contributed by atoms with van der Waals surface area (Å²) in [5.74, 6) is 2.15. The summed E-state index contributed by atoms with van der Waals surface area (Å²) in [4.78, 5) is 25.2. The highest BCUT2D eigenvalue weighted by Crippen LogP contribution is 2.60. The van der Waals surface area contributed by atoms with Crippen molar-refractivity contribution in [2.24, 2.45) is 23.2 Å². The molecule has 33 heavy (non-hydrogen) atoms. The first-order valence-electron chi connectivity index (χ1n) is 11.7. The van der Waals surface area contributed by atoms with Gasteiger partial charge in [0.25, 0.3) is 0 Å². The van der Waals surface area contributed by atoms with Gasteiger partial charge in [0.1, 0.15) is 5.82 Å². The zero-order valence-electron chi connectivity index (χ0n) is 18.8. The van der Waals surface area contributed by atoms with E-state index in [0.717, 1.165) is 19.3 Å². The van der Waals surface area contributed by atoms with Gasteiger partial charge in [-0.1, -0.05) is 11.8 Å². The summed E-state index contributed by atoms with van der Waals surface area (Å²) in [7, 11) is 0. The molecule has 1 amide bonds. The van der Waals surface area contributed by atoms with Crippen LogP contribution in [0.15, 0.2) is 29.4 Å². The fraction of sp³-hybridized carbons (Fsp3) is 0.583. The summed E-state index contributed by atoms with van der Waals surface area (Å²) in [6, 6.07) is 6.01. The molecule has 4 aliphatic rings. The molecule has 1 aromatic carbocycles. The van der Waals surface area contributed by atoms with Crippen LogP contribution in [0.4, 0.5) is 4.39 Å². The third-order valence-corrected chi connectivity index (χ3v) is 8.24. The smallest absolute Gasteiger partial charge is 0.316 e. The molecule has 7 nitrogen and oxygen atoms in total. The van der Waals surface area contributed by atoms with Crippen LogP contribution in [0.3, 0.4) is 0 Å². The van der Waals surface area contributed by atoms with Gasteiger partial charge in [-0.25, -0.2) is 4.39 Å². The van der Waals surface area contributed by atoms with Gasteiger partial charge in [-0.2, -0.15) is 0 Å². The minimum Gasteiger partial charge on any atom is -0.465 e. The molecule has 6 rings (SSSR count). The van der Waals surface area contributed by atoms with Crippen LogP contribution in [0, 0.1) is 29.0 Å². The maximum Gasteiger partial charge on any atom is 0.316 e. The summed E-state index contributed by atoms with van der Waals surface area (Å²) < 4.78 is 20.3. The standard InChI is InChI=1S/C24H29FN4O3S/c1-2-32-21(30)14-33-23-28-27-20(29(23)19-5-3-18(25)4-6-19)13-26-22(31)24-10-15-7-16(11-24)9-17(8-15)12-24/h3-6,15-17H,2,7-14H2,1H3,(H,26,31). The molecule has 1 aromatic heterocycles. The number of ether oxygens (including phenoxy) is 1. The first-order valence-corrected chi connectivity index (χ1v) is 12.7. The average molecular weight is 473 g/mol. The number of nitrogens with one attached hydrogen (secondary N) is 1. The zero-order valence-corrected chi connectivity index (χ0v) is 19.6. The van der Waals surface area contributed by atoms with Crippen molar-refractivity contribution in [2.75, 3.05) is 12.4 Å². The fourth-order valence-corrected chi connectivity index (χ4v) is 7.19. The van der Waals surface area contributed by atoms with Gasteiger partial charge < -0.3 is 10.1 Å². The van der Waals surface area contributed by atoms with Gasteiger partial charge in [0.05, 0.1) is 18.9 Å². The third kappa shape index (κ3) is 4.52. The Kier molecular flexibility index (Phi) is 6.16. The number of hydrogen-bond acceptors (Lipinski definition) is 6. The van der Waals surface area contributed by atoms with Crippen LogP contribution in [-0.4, -0.2) is 39.0 Å². The Morgan fingerprint density at radius 1 is 1.12 bits per heavy atom. The molecule has 4 fully saturated rings. The lowest BCUT2D eigenvalue weighted by molar-refractivity contribution is -0.146. The SMILES string of the molecule is CCOC(=O)CSc1nnc(CNC(=O)C23CC4CC(CC(C4)C2)C3)n1-c1ccc(F)cc1. The number of aromatic nitrogens is 3. The van der Waals surface area contributed by atoms with Gasteiger partial charge in [0, 0.05) is 11.1 Å². The van der Waals surface area contributed by atoms with Gasteiger partial charge >= 0.3 is 5.97 Å². The lowest BCUT2D eigenvalue weighted by Gasteiger charge is -2.55. The molecule has 0 spiro atoms. The number of rotatable bonds is 8. The predicted octanol–water partition coefficient (Wildman–Crippen LogP) is 3.89. The minimum atomic E-state index is -0.343. The topological polar surface area (TPSA) is 86.1 Å². The Labute approximate surface area is 196 Å². The Morgan fingerprint density at radius 3 is 2.36 bits per heavy atom. The number of esters is 1. The molecular weight excluding hydrogens is 443 g/mol. The maximum absolute atomic E-state index is 13.5. The highest BCUT2D eigenvalue weighted by atomic mass is 32.2. The van der Waals surface area contributed by atoms with Crippen molar-refractivity contribution in [2.45, 2.75) is 57.1 Å². The molecule has 1 heterocycles. The summed E-state index contributed by atoms with van der Waals surface area (Å²) in [6.45, 7) is 2.30. The number of benzene rings is 1. The van der Waals surface area contributed by atoms with E-state index in [4.69, 9.17) is 4.74 Å². The van der Waals surface area contributed by atoms with Gasteiger partial charge in [0.15, 0.2) is 11.0 Å². The number of hydrogen-bond donors (Lipinski definition) is 1. The molecule has 4 saturated carbocycles. The van der Waals surface area contributed by atoms with Crippen LogP contribution in [0.25, 0.3) is 5.69 Å². The fourth-order valence-electron chi connectivity index (χ4n) is 6.42. The molecule has 4 aliphatic carbocycles. The normalized spacial score (nSPS) is 27.5. The molecule has 2 aromatic rings. The van der Waals surface area contributed by atoms with Gasteiger partial charge in [-0.3, -0.25) is 14.2 Å². The zero-order chi connectivity index (χ0) is 23.0. The van der Waals surface area contributed by atoms with E-state index >= 15 is 0 Å². The summed E-state index contributed by atoms with van der Waals surface area (Å²) in [6.07, 6.45) is 6.84. The van der Waals surface area contributed by atoms with Crippen molar-refractivity contribution in [3.8, 4) is 5.69 Å². The monoisotopic (exact) mass is 472 g/mol. The van der Waals surface area contributed by atoms with Crippen LogP contribution >= 0.6 is 11.8 Å². The molecule has 1 N–H and O–H groups in total.